The lowest BCUT2D eigenvalue weighted by Gasteiger charge is -2.17. The summed E-state index contributed by atoms with van der Waals surface area (Å²) in [6, 6.07) is 16.9. The summed E-state index contributed by atoms with van der Waals surface area (Å²) in [5, 5.41) is 15.4. The first-order valence-electron chi connectivity index (χ1n) is 8.98. The van der Waals surface area contributed by atoms with Crippen LogP contribution in [0.1, 0.15) is 22.5 Å². The van der Waals surface area contributed by atoms with Crippen molar-refractivity contribution in [1.29, 1.82) is 0 Å². The second-order valence-corrected chi connectivity index (χ2v) is 6.81. The van der Waals surface area contributed by atoms with Crippen molar-refractivity contribution in [3.05, 3.63) is 87.2 Å². The molecule has 0 saturated carbocycles. The van der Waals surface area contributed by atoms with Gasteiger partial charge in [0.25, 0.3) is 5.69 Å². The molecule has 0 radical (unpaired) electrons. The average Bonchev–Trinajstić information content (AvgIpc) is 2.95. The van der Waals surface area contributed by atoms with Gasteiger partial charge in [-0.25, -0.2) is 4.68 Å². The summed E-state index contributed by atoms with van der Waals surface area (Å²) in [6.07, 6.45) is 0.847. The number of non-ortho nitro benzene ring substituents is 1. The first-order valence-corrected chi connectivity index (χ1v) is 8.98. The number of likely N-dealkylation sites (N-methyl/N-ethyl adjacent to an activating group) is 1. The van der Waals surface area contributed by atoms with Crippen molar-refractivity contribution < 1.29 is 4.92 Å². The van der Waals surface area contributed by atoms with Crippen molar-refractivity contribution in [3.63, 3.8) is 0 Å². The molecule has 3 rings (SSSR count). The summed E-state index contributed by atoms with van der Waals surface area (Å²) in [5.41, 5.74) is 5.73. The molecule has 0 N–H and O–H groups in total. The number of hydrogen-bond acceptors (Lipinski definition) is 4. The van der Waals surface area contributed by atoms with Crippen LogP contribution >= 0.6 is 0 Å². The predicted molar refractivity (Wildman–Crippen MR) is 106 cm³/mol. The summed E-state index contributed by atoms with van der Waals surface area (Å²) in [7, 11) is 2.09. The van der Waals surface area contributed by atoms with Crippen LogP contribution in [0.3, 0.4) is 0 Å². The first kappa shape index (κ1) is 18.8. The number of benzene rings is 2. The minimum absolute atomic E-state index is 0.131. The minimum Gasteiger partial charge on any atom is -0.302 e. The fourth-order valence-electron chi connectivity index (χ4n) is 3.18. The molecule has 27 heavy (non-hydrogen) atoms. The van der Waals surface area contributed by atoms with Crippen molar-refractivity contribution in [2.45, 2.75) is 26.8 Å². The first-order chi connectivity index (χ1) is 13.0. The third-order valence-electron chi connectivity index (χ3n) is 4.80. The third kappa shape index (κ3) is 4.41. The fourth-order valence-corrected chi connectivity index (χ4v) is 3.18. The number of nitrogens with zero attached hydrogens (tertiary/aromatic N) is 4. The van der Waals surface area contributed by atoms with Gasteiger partial charge in [-0.15, -0.1) is 0 Å². The molecule has 0 aliphatic heterocycles. The molecular weight excluding hydrogens is 340 g/mol. The highest BCUT2D eigenvalue weighted by atomic mass is 16.6. The quantitative estimate of drug-likeness (QED) is 0.468. The van der Waals surface area contributed by atoms with E-state index in [0.29, 0.717) is 0 Å². The molecule has 2 aromatic carbocycles. The van der Waals surface area contributed by atoms with Crippen molar-refractivity contribution in [1.82, 2.24) is 14.7 Å². The zero-order chi connectivity index (χ0) is 19.4. The van der Waals surface area contributed by atoms with E-state index in [1.807, 2.05) is 41.9 Å². The van der Waals surface area contributed by atoms with E-state index in [-0.39, 0.29) is 10.6 Å². The number of aromatic nitrogens is 2. The normalized spacial score (nSPS) is 11.1. The molecular formula is C21H24N4O2. The van der Waals surface area contributed by atoms with Gasteiger partial charge in [0, 0.05) is 36.5 Å². The topological polar surface area (TPSA) is 64.2 Å². The maximum atomic E-state index is 10.7. The predicted octanol–water partition coefficient (Wildman–Crippen LogP) is 4.07. The van der Waals surface area contributed by atoms with E-state index in [4.69, 9.17) is 5.10 Å². The van der Waals surface area contributed by atoms with Crippen LogP contribution in [0.15, 0.2) is 54.6 Å². The minimum atomic E-state index is -0.369. The molecule has 1 aromatic heterocycles. The molecule has 0 fully saturated rings. The molecule has 0 amide bonds. The third-order valence-corrected chi connectivity index (χ3v) is 4.80. The molecule has 0 aliphatic rings. The lowest BCUT2D eigenvalue weighted by Crippen LogP contribution is -2.21. The molecule has 0 bridgehead atoms. The highest BCUT2D eigenvalue weighted by Gasteiger charge is 2.14. The van der Waals surface area contributed by atoms with Gasteiger partial charge >= 0.3 is 0 Å². The monoisotopic (exact) mass is 364 g/mol. The van der Waals surface area contributed by atoms with Crippen LogP contribution in [-0.4, -0.2) is 33.2 Å². The Labute approximate surface area is 159 Å². The molecule has 3 aromatic rings. The number of aryl methyl sites for hydroxylation is 1. The molecule has 0 atom stereocenters. The zero-order valence-electron chi connectivity index (χ0n) is 15.9. The Balaban J connectivity index is 1.65. The van der Waals surface area contributed by atoms with Crippen LogP contribution in [0, 0.1) is 24.0 Å². The van der Waals surface area contributed by atoms with E-state index < -0.39 is 0 Å². The maximum Gasteiger partial charge on any atom is 0.269 e. The highest BCUT2D eigenvalue weighted by Crippen LogP contribution is 2.19. The lowest BCUT2D eigenvalue weighted by atomic mass is 10.1. The Morgan fingerprint density at radius 2 is 1.74 bits per heavy atom. The Morgan fingerprint density at radius 1 is 1.07 bits per heavy atom. The molecule has 0 saturated heterocycles. The van der Waals surface area contributed by atoms with E-state index in [9.17, 15) is 10.1 Å². The Hall–Kier alpha value is -2.99. The van der Waals surface area contributed by atoms with Gasteiger partial charge in [0.15, 0.2) is 0 Å². The van der Waals surface area contributed by atoms with Gasteiger partial charge < -0.3 is 4.90 Å². The van der Waals surface area contributed by atoms with Gasteiger partial charge in [0.05, 0.1) is 16.3 Å². The smallest absolute Gasteiger partial charge is 0.269 e. The molecule has 1 heterocycles. The lowest BCUT2D eigenvalue weighted by molar-refractivity contribution is -0.384. The molecule has 6 nitrogen and oxygen atoms in total. The van der Waals surface area contributed by atoms with Crippen molar-refractivity contribution in [2.24, 2.45) is 0 Å². The van der Waals surface area contributed by atoms with Crippen LogP contribution in [0.5, 0.6) is 0 Å². The number of nitro groups is 1. The van der Waals surface area contributed by atoms with Gasteiger partial charge in [-0.05, 0) is 45.0 Å². The zero-order valence-corrected chi connectivity index (χ0v) is 15.9. The number of para-hydroxylation sites is 1. The Kier molecular flexibility index (Phi) is 5.66. The Bertz CT molecular complexity index is 917. The van der Waals surface area contributed by atoms with E-state index in [1.54, 1.807) is 12.1 Å². The number of nitro benzene ring substituents is 1. The van der Waals surface area contributed by atoms with Gasteiger partial charge in [-0.2, -0.15) is 5.10 Å². The Morgan fingerprint density at radius 3 is 2.37 bits per heavy atom. The average molecular weight is 364 g/mol. The molecule has 0 spiro atoms. The van der Waals surface area contributed by atoms with Gasteiger partial charge in [0.1, 0.15) is 0 Å². The summed E-state index contributed by atoms with van der Waals surface area (Å²) in [4.78, 5) is 12.6. The van der Waals surface area contributed by atoms with Gasteiger partial charge in [-0.3, -0.25) is 10.1 Å². The van der Waals surface area contributed by atoms with E-state index >= 15 is 0 Å². The maximum absolute atomic E-state index is 10.7. The van der Waals surface area contributed by atoms with E-state index in [2.05, 4.69) is 31.0 Å². The second-order valence-electron chi connectivity index (χ2n) is 6.81. The molecule has 6 heteroatoms. The molecule has 0 unspecified atom stereocenters. The van der Waals surface area contributed by atoms with Crippen molar-refractivity contribution >= 4 is 5.69 Å². The van der Waals surface area contributed by atoms with Crippen LogP contribution < -0.4 is 0 Å². The van der Waals surface area contributed by atoms with Crippen LogP contribution in [0.4, 0.5) is 5.69 Å². The van der Waals surface area contributed by atoms with Crippen molar-refractivity contribution in [2.75, 3.05) is 13.6 Å². The fraction of sp³-hybridized carbons (Fsp3) is 0.286. The van der Waals surface area contributed by atoms with Crippen LogP contribution in [0.2, 0.25) is 0 Å². The molecule has 0 aliphatic carbocycles. The molecule has 140 valence electrons. The summed E-state index contributed by atoms with van der Waals surface area (Å²) >= 11 is 0. The van der Waals surface area contributed by atoms with E-state index in [1.165, 1.54) is 5.56 Å². The largest absolute Gasteiger partial charge is 0.302 e. The summed E-state index contributed by atoms with van der Waals surface area (Å²) < 4.78 is 1.99. The van der Waals surface area contributed by atoms with Crippen molar-refractivity contribution in [3.8, 4) is 5.69 Å². The van der Waals surface area contributed by atoms with Crippen LogP contribution in [0.25, 0.3) is 5.69 Å². The summed E-state index contributed by atoms with van der Waals surface area (Å²) in [5.74, 6) is 0. The standard InChI is InChI=1S/C21H24N4O2/c1-16-21(17(2)24(22-16)19-7-5-4-6-8-19)15-23(3)14-13-18-9-11-20(12-10-18)25(26)27/h4-12H,13-15H2,1-3H3. The number of rotatable bonds is 7. The van der Waals surface area contributed by atoms with Gasteiger partial charge in [0.2, 0.25) is 0 Å². The highest BCUT2D eigenvalue weighted by molar-refractivity contribution is 5.37. The summed E-state index contributed by atoms with van der Waals surface area (Å²) in [6.45, 7) is 5.84. The number of hydrogen-bond donors (Lipinski definition) is 0. The second kappa shape index (κ2) is 8.14. The van der Waals surface area contributed by atoms with Gasteiger partial charge in [-0.1, -0.05) is 30.3 Å². The van der Waals surface area contributed by atoms with Crippen LogP contribution in [-0.2, 0) is 13.0 Å². The van der Waals surface area contributed by atoms with E-state index in [0.717, 1.165) is 42.1 Å². The SMILES string of the molecule is Cc1nn(-c2ccccc2)c(C)c1CN(C)CCc1ccc([N+](=O)[O-])cc1.